The van der Waals surface area contributed by atoms with Crippen molar-refractivity contribution in [3.63, 3.8) is 0 Å². The maximum Gasteiger partial charge on any atom is 0.0236 e. The van der Waals surface area contributed by atoms with Crippen LogP contribution >= 0.6 is 11.8 Å². The Morgan fingerprint density at radius 1 is 1.86 bits per heavy atom. The first-order valence-corrected chi connectivity index (χ1v) is 2.84. The van der Waals surface area contributed by atoms with E-state index in [2.05, 4.69) is 13.2 Å². The number of hydrogen-bond acceptors (Lipinski definition) is 2. The van der Waals surface area contributed by atoms with Crippen molar-refractivity contribution in [2.75, 3.05) is 6.54 Å². The van der Waals surface area contributed by atoms with Gasteiger partial charge in [0.15, 0.2) is 0 Å². The van der Waals surface area contributed by atoms with E-state index in [-0.39, 0.29) is 0 Å². The van der Waals surface area contributed by atoms with Crippen LogP contribution < -0.4 is 5.73 Å². The number of rotatable bonds is 3. The van der Waals surface area contributed by atoms with Gasteiger partial charge in [-0.05, 0) is 10.3 Å². The highest BCUT2D eigenvalue weighted by Gasteiger charge is 1.81. The fourth-order valence-corrected chi connectivity index (χ4v) is 0.498. The second kappa shape index (κ2) is 3.96. The molecule has 2 N–H and O–H groups in total. The minimum atomic E-state index is 0.538. The van der Waals surface area contributed by atoms with Crippen molar-refractivity contribution in [1.82, 2.24) is 0 Å². The summed E-state index contributed by atoms with van der Waals surface area (Å²) in [7, 11) is 0. The van der Waals surface area contributed by atoms with Gasteiger partial charge in [0.25, 0.3) is 0 Å². The third kappa shape index (κ3) is 3.62. The van der Waals surface area contributed by atoms with E-state index in [1.807, 2.05) is 0 Å². The predicted molar refractivity (Wildman–Crippen MR) is 36.0 cm³/mol. The number of nitrogens with two attached hydrogens (primary N) is 1. The van der Waals surface area contributed by atoms with Gasteiger partial charge in [0.1, 0.15) is 0 Å². The molecular formula is C5H9NS. The monoisotopic (exact) mass is 115 g/mol. The smallest absolute Gasteiger partial charge is 0.0236 e. The maximum atomic E-state index is 5.19. The lowest BCUT2D eigenvalue weighted by Gasteiger charge is -1.90. The fourth-order valence-electron chi connectivity index (χ4n) is 0.166. The molecule has 0 heterocycles. The van der Waals surface area contributed by atoms with Gasteiger partial charge in [-0.3, -0.25) is 0 Å². The molecule has 0 saturated heterocycles. The standard InChI is InChI=1S/C5H9NS/c1-3-7-5(2)4-6/h3H,1-2,4,6H2. The zero-order valence-electron chi connectivity index (χ0n) is 4.18. The van der Waals surface area contributed by atoms with E-state index in [0.717, 1.165) is 4.91 Å². The number of thioether (sulfide) groups is 1. The molecule has 0 atom stereocenters. The highest BCUT2D eigenvalue weighted by molar-refractivity contribution is 8.05. The summed E-state index contributed by atoms with van der Waals surface area (Å²) in [6, 6.07) is 0. The number of hydrogen-bond donors (Lipinski definition) is 1. The Morgan fingerprint density at radius 3 is 2.57 bits per heavy atom. The molecule has 0 amide bonds. The Kier molecular flexibility index (Phi) is 3.84. The molecule has 0 rings (SSSR count). The summed E-state index contributed by atoms with van der Waals surface area (Å²) in [6.45, 7) is 7.66. The van der Waals surface area contributed by atoms with E-state index in [4.69, 9.17) is 5.73 Å². The summed E-state index contributed by atoms with van der Waals surface area (Å²) in [6.07, 6.45) is 0. The molecule has 0 aliphatic heterocycles. The van der Waals surface area contributed by atoms with Gasteiger partial charge in [-0.2, -0.15) is 0 Å². The van der Waals surface area contributed by atoms with Crippen LogP contribution in [0.25, 0.3) is 0 Å². The third-order valence-electron chi connectivity index (χ3n) is 0.478. The molecule has 0 aromatic rings. The highest BCUT2D eigenvalue weighted by Crippen LogP contribution is 2.10. The Balaban J connectivity index is 3.17. The van der Waals surface area contributed by atoms with Gasteiger partial charge in [0.05, 0.1) is 0 Å². The topological polar surface area (TPSA) is 26.0 Å². The van der Waals surface area contributed by atoms with E-state index in [0.29, 0.717) is 6.54 Å². The minimum Gasteiger partial charge on any atom is -0.326 e. The maximum absolute atomic E-state index is 5.19. The zero-order chi connectivity index (χ0) is 5.70. The van der Waals surface area contributed by atoms with Crippen molar-refractivity contribution in [1.29, 1.82) is 0 Å². The van der Waals surface area contributed by atoms with E-state index in [1.54, 1.807) is 5.41 Å². The van der Waals surface area contributed by atoms with Crippen molar-refractivity contribution in [3.8, 4) is 0 Å². The third-order valence-corrected chi connectivity index (χ3v) is 1.14. The van der Waals surface area contributed by atoms with Gasteiger partial charge in [-0.1, -0.05) is 13.2 Å². The van der Waals surface area contributed by atoms with Crippen molar-refractivity contribution < 1.29 is 0 Å². The summed E-state index contributed by atoms with van der Waals surface area (Å²) < 4.78 is 0. The predicted octanol–water partition coefficient (Wildman–Crippen LogP) is 1.34. The molecule has 0 aliphatic carbocycles. The molecule has 40 valence electrons. The molecule has 0 saturated carbocycles. The Bertz CT molecular complexity index is 78.1. The van der Waals surface area contributed by atoms with Crippen LogP contribution in [0.5, 0.6) is 0 Å². The van der Waals surface area contributed by atoms with Crippen LogP contribution in [0.3, 0.4) is 0 Å². The van der Waals surface area contributed by atoms with E-state index >= 15 is 0 Å². The Hall–Kier alpha value is -0.210. The summed E-state index contributed by atoms with van der Waals surface area (Å²) in [5, 5.41) is 1.72. The highest BCUT2D eigenvalue weighted by atomic mass is 32.2. The molecule has 0 spiro atoms. The molecule has 0 unspecified atom stereocenters. The lowest BCUT2D eigenvalue weighted by atomic mass is 10.7. The van der Waals surface area contributed by atoms with Crippen LogP contribution in [0.1, 0.15) is 0 Å². The average molecular weight is 115 g/mol. The van der Waals surface area contributed by atoms with Crippen LogP contribution in [0.4, 0.5) is 0 Å². The molecule has 0 fully saturated rings. The molecule has 1 nitrogen and oxygen atoms in total. The van der Waals surface area contributed by atoms with Gasteiger partial charge >= 0.3 is 0 Å². The lowest BCUT2D eigenvalue weighted by Crippen LogP contribution is -1.97. The zero-order valence-corrected chi connectivity index (χ0v) is 5.00. The first-order valence-electron chi connectivity index (χ1n) is 1.96. The normalized spacial score (nSPS) is 8.14. The minimum absolute atomic E-state index is 0.538. The molecule has 7 heavy (non-hydrogen) atoms. The molecule has 0 bridgehead atoms. The summed E-state index contributed by atoms with van der Waals surface area (Å²) >= 11 is 1.48. The van der Waals surface area contributed by atoms with Crippen molar-refractivity contribution in [3.05, 3.63) is 23.5 Å². The van der Waals surface area contributed by atoms with Crippen LogP contribution in [0.15, 0.2) is 23.5 Å². The van der Waals surface area contributed by atoms with Crippen molar-refractivity contribution in [2.24, 2.45) is 5.73 Å². The molecule has 0 aromatic carbocycles. The quantitative estimate of drug-likeness (QED) is 0.600. The molecule has 0 aromatic heterocycles. The van der Waals surface area contributed by atoms with Gasteiger partial charge in [0.2, 0.25) is 0 Å². The van der Waals surface area contributed by atoms with Crippen molar-refractivity contribution >= 4 is 11.8 Å². The Morgan fingerprint density at radius 2 is 2.43 bits per heavy atom. The first-order chi connectivity index (χ1) is 3.31. The summed E-state index contributed by atoms with van der Waals surface area (Å²) in [5.74, 6) is 0. The largest absolute Gasteiger partial charge is 0.326 e. The molecular weight excluding hydrogens is 106 g/mol. The summed E-state index contributed by atoms with van der Waals surface area (Å²) in [5.41, 5.74) is 5.19. The van der Waals surface area contributed by atoms with Gasteiger partial charge in [-0.15, -0.1) is 11.8 Å². The molecule has 0 radical (unpaired) electrons. The Labute approximate surface area is 48.3 Å². The average Bonchev–Trinajstić information content (AvgIpc) is 1.68. The van der Waals surface area contributed by atoms with Crippen LogP contribution in [0, 0.1) is 0 Å². The van der Waals surface area contributed by atoms with Gasteiger partial charge in [0, 0.05) is 6.54 Å². The second-order valence-corrected chi connectivity index (χ2v) is 2.17. The van der Waals surface area contributed by atoms with E-state index < -0.39 is 0 Å². The second-order valence-electron chi connectivity index (χ2n) is 1.03. The van der Waals surface area contributed by atoms with E-state index in [1.165, 1.54) is 11.8 Å². The van der Waals surface area contributed by atoms with Gasteiger partial charge in [-0.25, -0.2) is 0 Å². The van der Waals surface area contributed by atoms with Crippen molar-refractivity contribution in [2.45, 2.75) is 0 Å². The summed E-state index contributed by atoms with van der Waals surface area (Å²) in [4.78, 5) is 0.954. The fraction of sp³-hybridized carbons (Fsp3) is 0.200. The van der Waals surface area contributed by atoms with Crippen LogP contribution in [0.2, 0.25) is 0 Å². The van der Waals surface area contributed by atoms with Crippen LogP contribution in [-0.2, 0) is 0 Å². The lowest BCUT2D eigenvalue weighted by molar-refractivity contribution is 1.24. The van der Waals surface area contributed by atoms with E-state index in [9.17, 15) is 0 Å². The molecule has 2 heteroatoms. The first kappa shape index (κ1) is 6.79. The SMILES string of the molecule is C=CSC(=C)CN. The van der Waals surface area contributed by atoms with Gasteiger partial charge < -0.3 is 5.73 Å². The van der Waals surface area contributed by atoms with Crippen LogP contribution in [-0.4, -0.2) is 6.54 Å². The molecule has 0 aliphatic rings.